The summed E-state index contributed by atoms with van der Waals surface area (Å²) < 4.78 is 0. The van der Waals surface area contributed by atoms with Gasteiger partial charge < -0.3 is 0 Å². The minimum absolute atomic E-state index is 0.0818. The van der Waals surface area contributed by atoms with Gasteiger partial charge in [-0.25, -0.2) is 0 Å². The molecule has 0 atom stereocenters. The molecule has 0 spiro atoms. The highest BCUT2D eigenvalue weighted by molar-refractivity contribution is 8.14. The summed E-state index contributed by atoms with van der Waals surface area (Å²) in [4.78, 5) is 20.9. The maximum absolute atomic E-state index is 10.7. The van der Waals surface area contributed by atoms with E-state index in [0.717, 1.165) is 11.8 Å². The molecule has 2 nitrogen and oxygen atoms in total. The van der Waals surface area contributed by atoms with Crippen molar-refractivity contribution in [2.75, 3.05) is 11.5 Å². The lowest BCUT2D eigenvalue weighted by Crippen LogP contribution is -1.98. The second kappa shape index (κ2) is 6.12. The highest BCUT2D eigenvalue weighted by atomic mass is 32.2. The molecule has 10 heavy (non-hydrogen) atoms. The van der Waals surface area contributed by atoms with Crippen LogP contribution in [0.2, 0.25) is 0 Å². The van der Waals surface area contributed by atoms with E-state index in [0.29, 0.717) is 11.5 Å². The van der Waals surface area contributed by atoms with Crippen molar-refractivity contribution in [1.29, 1.82) is 0 Å². The first kappa shape index (κ1) is 10.4. The third kappa shape index (κ3) is 6.51. The van der Waals surface area contributed by atoms with E-state index in [1.54, 1.807) is 0 Å². The molecule has 5 heteroatoms. The standard InChI is InChI=1S/C5H8O2S3/c6-4(9)3-5(7)10-2-1-8/h8H,1-3H2,(H,6,9). The maximum atomic E-state index is 10.7. The highest BCUT2D eigenvalue weighted by Gasteiger charge is 2.04. The Bertz CT molecular complexity index is 135. The van der Waals surface area contributed by atoms with Gasteiger partial charge in [-0.15, -0.1) is 12.6 Å². The molecule has 0 bridgehead atoms. The van der Waals surface area contributed by atoms with Gasteiger partial charge >= 0.3 is 0 Å². The van der Waals surface area contributed by atoms with E-state index in [9.17, 15) is 9.59 Å². The summed E-state index contributed by atoms with van der Waals surface area (Å²) in [7, 11) is 0. The third-order valence-electron chi connectivity index (χ3n) is 0.650. The number of carbonyl (C=O) groups is 2. The average molecular weight is 196 g/mol. The molecule has 58 valence electrons. The highest BCUT2D eigenvalue weighted by Crippen LogP contribution is 2.06. The van der Waals surface area contributed by atoms with Crippen molar-refractivity contribution in [2.45, 2.75) is 6.42 Å². The molecule has 0 amide bonds. The van der Waals surface area contributed by atoms with Gasteiger partial charge in [0.2, 0.25) is 0 Å². The molecule has 0 aliphatic heterocycles. The summed E-state index contributed by atoms with van der Waals surface area (Å²) in [6.45, 7) is 0. The summed E-state index contributed by atoms with van der Waals surface area (Å²) in [5.74, 6) is 1.31. The summed E-state index contributed by atoms with van der Waals surface area (Å²) in [6.07, 6.45) is -0.0818. The van der Waals surface area contributed by atoms with Gasteiger partial charge in [0.15, 0.2) is 10.2 Å². The second-order valence-electron chi connectivity index (χ2n) is 1.51. The van der Waals surface area contributed by atoms with Crippen LogP contribution in [0.5, 0.6) is 0 Å². The molecule has 0 fully saturated rings. The zero-order chi connectivity index (χ0) is 7.98. The summed E-state index contributed by atoms with van der Waals surface area (Å²) >= 11 is 8.50. The van der Waals surface area contributed by atoms with Crippen LogP contribution in [0.15, 0.2) is 0 Å². The minimum atomic E-state index is -0.378. The smallest absolute Gasteiger partial charge is 0.197 e. The van der Waals surface area contributed by atoms with Gasteiger partial charge in [0, 0.05) is 5.75 Å². The van der Waals surface area contributed by atoms with E-state index < -0.39 is 0 Å². The Hall–Kier alpha value is 0.390. The lowest BCUT2D eigenvalue weighted by Gasteiger charge is -1.92. The van der Waals surface area contributed by atoms with Crippen molar-refractivity contribution >= 4 is 47.3 Å². The molecule has 0 aliphatic carbocycles. The van der Waals surface area contributed by atoms with Crippen molar-refractivity contribution in [2.24, 2.45) is 0 Å². The van der Waals surface area contributed by atoms with Gasteiger partial charge in [0.25, 0.3) is 0 Å². The SMILES string of the molecule is O=C(S)CC(=O)SCCS. The van der Waals surface area contributed by atoms with E-state index in [1.807, 2.05) is 0 Å². The molecule has 0 rings (SSSR count). The van der Waals surface area contributed by atoms with Crippen molar-refractivity contribution in [3.63, 3.8) is 0 Å². The van der Waals surface area contributed by atoms with Crippen LogP contribution in [0.25, 0.3) is 0 Å². The molecule has 0 aliphatic rings. The Kier molecular flexibility index (Phi) is 6.36. The van der Waals surface area contributed by atoms with Gasteiger partial charge in [-0.1, -0.05) is 11.8 Å². The number of carbonyl (C=O) groups excluding carboxylic acids is 2. The van der Waals surface area contributed by atoms with Crippen LogP contribution in [-0.4, -0.2) is 21.7 Å². The summed E-state index contributed by atoms with van der Waals surface area (Å²) in [6, 6.07) is 0. The lowest BCUT2D eigenvalue weighted by molar-refractivity contribution is -0.117. The quantitative estimate of drug-likeness (QED) is 0.520. The fourth-order valence-corrected chi connectivity index (χ4v) is 1.41. The molecule has 0 saturated heterocycles. The van der Waals surface area contributed by atoms with Gasteiger partial charge in [0.05, 0.1) is 6.42 Å². The normalized spacial score (nSPS) is 9.40. The summed E-state index contributed by atoms with van der Waals surface area (Å²) in [5, 5.41) is -0.509. The fraction of sp³-hybridized carbons (Fsp3) is 0.600. The minimum Gasteiger partial charge on any atom is -0.287 e. The Morgan fingerprint density at radius 1 is 1.40 bits per heavy atom. The second-order valence-corrected chi connectivity index (χ2v) is 3.61. The molecule has 0 saturated carbocycles. The van der Waals surface area contributed by atoms with Crippen LogP contribution < -0.4 is 0 Å². The first-order valence-electron chi connectivity index (χ1n) is 2.65. The zero-order valence-corrected chi connectivity index (χ0v) is 7.85. The number of thioether (sulfide) groups is 1. The van der Waals surface area contributed by atoms with Gasteiger partial charge in [0.1, 0.15) is 0 Å². The van der Waals surface area contributed by atoms with Gasteiger partial charge in [-0.3, -0.25) is 9.59 Å². The van der Waals surface area contributed by atoms with Crippen molar-refractivity contribution in [1.82, 2.24) is 0 Å². The molecule has 0 N–H and O–H groups in total. The van der Waals surface area contributed by atoms with E-state index in [4.69, 9.17) is 0 Å². The topological polar surface area (TPSA) is 34.1 Å². The molecule has 0 heterocycles. The average Bonchev–Trinajstić information content (AvgIpc) is 1.82. The van der Waals surface area contributed by atoms with Crippen molar-refractivity contribution in [3.8, 4) is 0 Å². The van der Waals surface area contributed by atoms with Crippen LogP contribution in [-0.2, 0) is 9.59 Å². The largest absolute Gasteiger partial charge is 0.287 e. The van der Waals surface area contributed by atoms with Crippen LogP contribution in [0, 0.1) is 0 Å². The Labute approximate surface area is 75.0 Å². The van der Waals surface area contributed by atoms with Gasteiger partial charge in [-0.2, -0.15) is 12.6 Å². The Morgan fingerprint density at radius 2 is 2.00 bits per heavy atom. The van der Waals surface area contributed by atoms with E-state index in [-0.39, 0.29) is 16.7 Å². The molecule has 0 aromatic carbocycles. The lowest BCUT2D eigenvalue weighted by atomic mass is 10.5. The molecule has 0 unspecified atom stereocenters. The number of hydrogen-bond acceptors (Lipinski definition) is 4. The Morgan fingerprint density at radius 3 is 2.40 bits per heavy atom. The van der Waals surface area contributed by atoms with Crippen LogP contribution >= 0.6 is 37.0 Å². The Balaban J connectivity index is 3.35. The van der Waals surface area contributed by atoms with E-state index in [2.05, 4.69) is 25.3 Å². The van der Waals surface area contributed by atoms with Crippen LogP contribution in [0.1, 0.15) is 6.42 Å². The van der Waals surface area contributed by atoms with E-state index >= 15 is 0 Å². The predicted octanol–water partition coefficient (Wildman–Crippen LogP) is 1.02. The third-order valence-corrected chi connectivity index (χ3v) is 2.21. The first-order chi connectivity index (χ1) is 4.66. The van der Waals surface area contributed by atoms with Crippen molar-refractivity contribution in [3.05, 3.63) is 0 Å². The molecule has 0 radical (unpaired) electrons. The number of hydrogen-bond donors (Lipinski definition) is 2. The van der Waals surface area contributed by atoms with Gasteiger partial charge in [-0.05, 0) is 5.75 Å². The van der Waals surface area contributed by atoms with Crippen molar-refractivity contribution < 1.29 is 9.59 Å². The van der Waals surface area contributed by atoms with Crippen LogP contribution in [0.3, 0.4) is 0 Å². The monoisotopic (exact) mass is 196 g/mol. The number of thiol groups is 2. The molecular weight excluding hydrogens is 188 g/mol. The van der Waals surface area contributed by atoms with Crippen LogP contribution in [0.4, 0.5) is 0 Å². The molecule has 0 aromatic rings. The summed E-state index contributed by atoms with van der Waals surface area (Å²) in [5.41, 5.74) is 0. The zero-order valence-electron chi connectivity index (χ0n) is 5.24. The van der Waals surface area contributed by atoms with E-state index in [1.165, 1.54) is 0 Å². The molecule has 0 aromatic heterocycles. The fourth-order valence-electron chi connectivity index (χ4n) is 0.334. The maximum Gasteiger partial charge on any atom is 0.197 e. The number of rotatable bonds is 4. The predicted molar refractivity (Wildman–Crippen MR) is 49.9 cm³/mol. The molecular formula is C5H8O2S3. The first-order valence-corrected chi connectivity index (χ1v) is 4.71.